The Morgan fingerprint density at radius 3 is 2.39 bits per heavy atom. The summed E-state index contributed by atoms with van der Waals surface area (Å²) in [6, 6.07) is 25.3. The minimum Gasteiger partial charge on any atom is -0.459 e. The summed E-state index contributed by atoms with van der Waals surface area (Å²) in [6.45, 7) is 0.0480. The van der Waals surface area contributed by atoms with Gasteiger partial charge in [-0.05, 0) is 29.8 Å². The van der Waals surface area contributed by atoms with Crippen molar-refractivity contribution >= 4 is 27.6 Å². The molecule has 1 amide bonds. The van der Waals surface area contributed by atoms with E-state index in [0.717, 1.165) is 16.5 Å². The molecule has 2 aromatic heterocycles. The molecule has 0 aliphatic rings. The molecule has 0 aliphatic carbocycles. The Bertz CT molecular complexity index is 1530. The largest absolute Gasteiger partial charge is 0.459 e. The normalized spacial score (nSPS) is 12.1. The SMILES string of the molecule is O=C(CCn1[nH]c(=O)c2ccccc2c1=O)N[C@@H](c1ccccc1)c1cc2ccccc2o1. The summed E-state index contributed by atoms with van der Waals surface area (Å²) in [5, 5.41) is 7.17. The molecule has 33 heavy (non-hydrogen) atoms. The molecule has 0 spiro atoms. The molecule has 0 unspecified atom stereocenters. The van der Waals surface area contributed by atoms with Crippen LogP contribution in [-0.2, 0) is 11.3 Å². The van der Waals surface area contributed by atoms with Crippen LogP contribution in [0.3, 0.4) is 0 Å². The Morgan fingerprint density at radius 2 is 1.61 bits per heavy atom. The number of hydrogen-bond donors (Lipinski definition) is 2. The van der Waals surface area contributed by atoms with Crippen molar-refractivity contribution in [3.05, 3.63) is 117 Å². The molecule has 0 bridgehead atoms. The van der Waals surface area contributed by atoms with E-state index >= 15 is 0 Å². The quantitative estimate of drug-likeness (QED) is 0.421. The summed E-state index contributed by atoms with van der Waals surface area (Å²) in [5.74, 6) is 0.345. The number of aromatic nitrogens is 2. The van der Waals surface area contributed by atoms with Crippen molar-refractivity contribution in [3.8, 4) is 0 Å². The van der Waals surface area contributed by atoms with Crippen LogP contribution in [-0.4, -0.2) is 15.7 Å². The number of fused-ring (bicyclic) bond motifs is 2. The maximum absolute atomic E-state index is 12.9. The van der Waals surface area contributed by atoms with E-state index in [1.165, 1.54) is 4.68 Å². The lowest BCUT2D eigenvalue weighted by molar-refractivity contribution is -0.122. The lowest BCUT2D eigenvalue weighted by Gasteiger charge is -2.17. The van der Waals surface area contributed by atoms with E-state index in [1.807, 2.05) is 60.7 Å². The summed E-state index contributed by atoms with van der Waals surface area (Å²) in [6.07, 6.45) is 0.0117. The molecule has 0 radical (unpaired) electrons. The molecule has 0 saturated heterocycles. The van der Waals surface area contributed by atoms with Crippen LogP contribution in [0.15, 0.2) is 98.9 Å². The molecule has 7 nitrogen and oxygen atoms in total. The van der Waals surface area contributed by atoms with Crippen molar-refractivity contribution in [2.24, 2.45) is 0 Å². The van der Waals surface area contributed by atoms with E-state index in [9.17, 15) is 14.4 Å². The van der Waals surface area contributed by atoms with Gasteiger partial charge in [-0.2, -0.15) is 0 Å². The molecule has 5 aromatic rings. The number of rotatable bonds is 6. The van der Waals surface area contributed by atoms with E-state index in [2.05, 4.69) is 10.4 Å². The van der Waals surface area contributed by atoms with Gasteiger partial charge < -0.3 is 9.73 Å². The van der Waals surface area contributed by atoms with Crippen LogP contribution in [0.4, 0.5) is 0 Å². The Balaban J connectivity index is 1.39. The Labute approximate surface area is 188 Å². The zero-order valence-electron chi connectivity index (χ0n) is 17.7. The molecule has 0 fully saturated rings. The topological polar surface area (TPSA) is 97.1 Å². The molecular weight excluding hydrogens is 418 g/mol. The second-order valence-corrected chi connectivity index (χ2v) is 7.79. The number of nitrogens with zero attached hydrogens (tertiary/aromatic N) is 1. The van der Waals surface area contributed by atoms with Crippen molar-refractivity contribution in [1.82, 2.24) is 15.1 Å². The average Bonchev–Trinajstić information content (AvgIpc) is 3.28. The van der Waals surface area contributed by atoms with Crippen molar-refractivity contribution in [2.75, 3.05) is 0 Å². The third-order valence-corrected chi connectivity index (χ3v) is 5.61. The van der Waals surface area contributed by atoms with Crippen LogP contribution >= 0.6 is 0 Å². The maximum Gasteiger partial charge on any atom is 0.273 e. The average molecular weight is 439 g/mol. The first-order valence-corrected chi connectivity index (χ1v) is 10.6. The minimum atomic E-state index is -0.488. The van der Waals surface area contributed by atoms with Crippen LogP contribution in [0.25, 0.3) is 21.7 Å². The predicted octanol–water partition coefficient (Wildman–Crippen LogP) is 3.73. The first-order valence-electron chi connectivity index (χ1n) is 10.6. The third kappa shape index (κ3) is 4.08. The van der Waals surface area contributed by atoms with Gasteiger partial charge in [0, 0.05) is 11.8 Å². The monoisotopic (exact) mass is 439 g/mol. The highest BCUT2D eigenvalue weighted by Crippen LogP contribution is 2.28. The molecule has 5 rings (SSSR count). The molecule has 2 N–H and O–H groups in total. The van der Waals surface area contributed by atoms with Crippen LogP contribution < -0.4 is 16.4 Å². The highest BCUT2D eigenvalue weighted by molar-refractivity contribution is 5.81. The maximum atomic E-state index is 12.9. The number of hydrogen-bond acceptors (Lipinski definition) is 4. The van der Waals surface area contributed by atoms with Crippen molar-refractivity contribution < 1.29 is 9.21 Å². The number of para-hydroxylation sites is 1. The van der Waals surface area contributed by atoms with E-state index in [4.69, 9.17) is 4.42 Å². The zero-order chi connectivity index (χ0) is 22.8. The molecule has 1 atom stereocenters. The number of H-pyrrole nitrogens is 1. The van der Waals surface area contributed by atoms with Crippen LogP contribution in [0.2, 0.25) is 0 Å². The molecule has 7 heteroatoms. The Hall–Kier alpha value is -4.39. The fourth-order valence-corrected chi connectivity index (χ4v) is 3.96. The zero-order valence-corrected chi connectivity index (χ0v) is 17.7. The van der Waals surface area contributed by atoms with Gasteiger partial charge in [0.2, 0.25) is 5.91 Å². The lowest BCUT2D eigenvalue weighted by Crippen LogP contribution is -2.34. The second-order valence-electron chi connectivity index (χ2n) is 7.79. The highest BCUT2D eigenvalue weighted by atomic mass is 16.3. The number of carbonyl (C=O) groups excluding carboxylic acids is 1. The number of aromatic amines is 1. The van der Waals surface area contributed by atoms with Gasteiger partial charge in [0.15, 0.2) is 0 Å². The van der Waals surface area contributed by atoms with Crippen molar-refractivity contribution in [3.63, 3.8) is 0 Å². The lowest BCUT2D eigenvalue weighted by atomic mass is 10.0. The smallest absolute Gasteiger partial charge is 0.273 e. The number of nitrogens with one attached hydrogen (secondary N) is 2. The number of furan rings is 1. The molecule has 2 heterocycles. The van der Waals surface area contributed by atoms with Gasteiger partial charge in [-0.15, -0.1) is 0 Å². The van der Waals surface area contributed by atoms with E-state index in [0.29, 0.717) is 16.5 Å². The Kier molecular flexibility index (Phi) is 5.36. The van der Waals surface area contributed by atoms with Gasteiger partial charge in [-0.3, -0.25) is 19.5 Å². The minimum absolute atomic E-state index is 0.0117. The fraction of sp³-hybridized carbons (Fsp3) is 0.115. The fourth-order valence-electron chi connectivity index (χ4n) is 3.96. The summed E-state index contributed by atoms with van der Waals surface area (Å²) in [4.78, 5) is 37.9. The highest BCUT2D eigenvalue weighted by Gasteiger charge is 2.21. The summed E-state index contributed by atoms with van der Waals surface area (Å²) in [7, 11) is 0. The molecule has 3 aromatic carbocycles. The van der Waals surface area contributed by atoms with E-state index in [1.54, 1.807) is 24.3 Å². The summed E-state index contributed by atoms with van der Waals surface area (Å²) >= 11 is 0. The van der Waals surface area contributed by atoms with Crippen LogP contribution in [0, 0.1) is 0 Å². The van der Waals surface area contributed by atoms with Gasteiger partial charge in [-0.1, -0.05) is 60.7 Å². The van der Waals surface area contributed by atoms with Crippen molar-refractivity contribution in [1.29, 1.82) is 0 Å². The molecule has 164 valence electrons. The summed E-state index contributed by atoms with van der Waals surface area (Å²) < 4.78 is 7.20. The predicted molar refractivity (Wildman–Crippen MR) is 126 cm³/mol. The van der Waals surface area contributed by atoms with Gasteiger partial charge in [0.1, 0.15) is 17.4 Å². The number of aryl methyl sites for hydroxylation is 1. The van der Waals surface area contributed by atoms with Gasteiger partial charge in [0.25, 0.3) is 11.1 Å². The molecule has 0 aliphatic heterocycles. The second kappa shape index (κ2) is 8.63. The van der Waals surface area contributed by atoms with E-state index in [-0.39, 0.29) is 30.0 Å². The van der Waals surface area contributed by atoms with Gasteiger partial charge >= 0.3 is 0 Å². The first kappa shape index (κ1) is 20.5. The Morgan fingerprint density at radius 1 is 0.909 bits per heavy atom. The standard InChI is InChI=1S/C26H21N3O4/c30-23(14-15-29-26(32)20-12-6-5-11-19(20)25(31)28-29)27-24(17-8-2-1-3-9-17)22-16-18-10-4-7-13-21(18)33-22/h1-13,16,24H,14-15H2,(H,27,30)(H,28,31)/t24-/m0/s1. The van der Waals surface area contributed by atoms with E-state index < -0.39 is 6.04 Å². The number of carbonyl (C=O) groups is 1. The van der Waals surface area contributed by atoms with Crippen molar-refractivity contribution in [2.45, 2.75) is 19.0 Å². The number of benzene rings is 3. The number of amides is 1. The summed E-state index contributed by atoms with van der Waals surface area (Å²) in [5.41, 5.74) is 0.911. The third-order valence-electron chi connectivity index (χ3n) is 5.61. The molecule has 0 saturated carbocycles. The van der Waals surface area contributed by atoms with Gasteiger partial charge in [-0.25, -0.2) is 4.68 Å². The van der Waals surface area contributed by atoms with Gasteiger partial charge in [0.05, 0.1) is 17.3 Å². The first-order chi connectivity index (χ1) is 16.1. The van der Waals surface area contributed by atoms with Crippen LogP contribution in [0.5, 0.6) is 0 Å². The van der Waals surface area contributed by atoms with Crippen LogP contribution in [0.1, 0.15) is 23.8 Å². The molecular formula is C26H21N3O4.